The second-order valence-corrected chi connectivity index (χ2v) is 8.85. The molecule has 0 fully saturated rings. The lowest BCUT2D eigenvalue weighted by Crippen LogP contribution is -2.45. The fraction of sp³-hybridized carbons (Fsp3) is 0.364. The number of aliphatic hydroxyl groups is 1. The molecule has 0 aromatic heterocycles. The monoisotopic (exact) mass is 447 g/mol. The summed E-state index contributed by atoms with van der Waals surface area (Å²) < 4.78 is 25.8. The van der Waals surface area contributed by atoms with E-state index in [1.807, 2.05) is 6.92 Å². The van der Waals surface area contributed by atoms with E-state index in [4.69, 9.17) is 0 Å². The van der Waals surface area contributed by atoms with Gasteiger partial charge in [-0.05, 0) is 24.1 Å². The van der Waals surface area contributed by atoms with Crippen molar-refractivity contribution in [3.8, 4) is 0 Å². The SMILES string of the molecule is CCCCNC(=O)C(c1ccccc1)N(CCO)C(=O)c1ccccc1NS(C)(=O)=O. The number of anilines is 1. The number of hydrogen-bond donors (Lipinski definition) is 3. The Kier molecular flexibility index (Phi) is 9.02. The van der Waals surface area contributed by atoms with Gasteiger partial charge in [-0.2, -0.15) is 0 Å². The van der Waals surface area contributed by atoms with Crippen LogP contribution in [-0.4, -0.2) is 56.2 Å². The molecule has 0 aliphatic carbocycles. The van der Waals surface area contributed by atoms with E-state index in [-0.39, 0.29) is 30.3 Å². The Bertz CT molecular complexity index is 980. The van der Waals surface area contributed by atoms with Gasteiger partial charge in [0.15, 0.2) is 0 Å². The van der Waals surface area contributed by atoms with E-state index in [0.29, 0.717) is 12.1 Å². The molecule has 0 spiro atoms. The van der Waals surface area contributed by atoms with E-state index in [0.717, 1.165) is 19.1 Å². The van der Waals surface area contributed by atoms with Crippen LogP contribution in [0.1, 0.15) is 41.7 Å². The summed E-state index contributed by atoms with van der Waals surface area (Å²) in [7, 11) is -3.62. The minimum Gasteiger partial charge on any atom is -0.395 e. The molecular formula is C22H29N3O5S. The Morgan fingerprint density at radius 1 is 1.06 bits per heavy atom. The van der Waals surface area contributed by atoms with Gasteiger partial charge in [0.2, 0.25) is 15.9 Å². The number of amides is 2. The van der Waals surface area contributed by atoms with Gasteiger partial charge in [0.05, 0.1) is 24.1 Å². The van der Waals surface area contributed by atoms with Crippen LogP contribution < -0.4 is 10.0 Å². The zero-order chi connectivity index (χ0) is 22.9. The van der Waals surface area contributed by atoms with Crippen LogP contribution in [-0.2, 0) is 14.8 Å². The maximum Gasteiger partial charge on any atom is 0.257 e. The molecule has 2 rings (SSSR count). The van der Waals surface area contributed by atoms with Gasteiger partial charge in [-0.1, -0.05) is 55.8 Å². The van der Waals surface area contributed by atoms with E-state index >= 15 is 0 Å². The number of rotatable bonds is 11. The minimum absolute atomic E-state index is 0.0867. The Morgan fingerprint density at radius 2 is 1.71 bits per heavy atom. The van der Waals surface area contributed by atoms with Crippen LogP contribution in [0, 0.1) is 0 Å². The van der Waals surface area contributed by atoms with Gasteiger partial charge in [0.1, 0.15) is 6.04 Å². The Balaban J connectivity index is 2.48. The molecule has 168 valence electrons. The Morgan fingerprint density at radius 3 is 2.32 bits per heavy atom. The van der Waals surface area contributed by atoms with E-state index in [9.17, 15) is 23.1 Å². The third-order valence-corrected chi connectivity index (χ3v) is 5.15. The third kappa shape index (κ3) is 7.08. The van der Waals surface area contributed by atoms with Crippen LogP contribution in [0.25, 0.3) is 0 Å². The molecule has 31 heavy (non-hydrogen) atoms. The van der Waals surface area contributed by atoms with E-state index in [2.05, 4.69) is 10.0 Å². The fourth-order valence-corrected chi connectivity index (χ4v) is 3.74. The number of hydrogen-bond acceptors (Lipinski definition) is 5. The molecule has 8 nitrogen and oxygen atoms in total. The standard InChI is InChI=1S/C22H29N3O5S/c1-3-4-14-23-21(27)20(17-10-6-5-7-11-17)25(15-16-26)22(28)18-12-8-9-13-19(18)24-31(2,29)30/h5-13,20,24,26H,3-4,14-16H2,1-2H3,(H,23,27). The lowest BCUT2D eigenvalue weighted by Gasteiger charge is -2.31. The molecule has 0 aliphatic heterocycles. The molecular weight excluding hydrogens is 418 g/mol. The topological polar surface area (TPSA) is 116 Å². The summed E-state index contributed by atoms with van der Waals surface area (Å²) >= 11 is 0. The van der Waals surface area contributed by atoms with Crippen molar-refractivity contribution < 1.29 is 23.1 Å². The van der Waals surface area contributed by atoms with Crippen molar-refractivity contribution >= 4 is 27.5 Å². The average Bonchev–Trinajstić information content (AvgIpc) is 2.73. The van der Waals surface area contributed by atoms with Crippen LogP contribution in [0.15, 0.2) is 54.6 Å². The molecule has 0 bridgehead atoms. The Labute approximate surface area is 183 Å². The number of para-hydroxylation sites is 1. The first kappa shape index (κ1) is 24.4. The normalized spacial score (nSPS) is 12.1. The number of nitrogens with one attached hydrogen (secondary N) is 2. The molecule has 2 amide bonds. The van der Waals surface area contributed by atoms with Gasteiger partial charge >= 0.3 is 0 Å². The highest BCUT2D eigenvalue weighted by atomic mass is 32.2. The number of benzene rings is 2. The summed E-state index contributed by atoms with van der Waals surface area (Å²) in [6.45, 7) is 2.01. The van der Waals surface area contributed by atoms with Crippen molar-refractivity contribution in [3.05, 3.63) is 65.7 Å². The summed E-state index contributed by atoms with van der Waals surface area (Å²) in [6, 6.07) is 14.0. The van der Waals surface area contributed by atoms with Gasteiger partial charge in [0, 0.05) is 13.1 Å². The van der Waals surface area contributed by atoms with Crippen LogP contribution >= 0.6 is 0 Å². The second-order valence-electron chi connectivity index (χ2n) is 7.10. The molecule has 2 aromatic carbocycles. The summed E-state index contributed by atoms with van der Waals surface area (Å²) in [4.78, 5) is 27.8. The highest BCUT2D eigenvalue weighted by Gasteiger charge is 2.32. The van der Waals surface area contributed by atoms with Gasteiger partial charge in [-0.3, -0.25) is 14.3 Å². The van der Waals surface area contributed by atoms with E-state index < -0.39 is 22.0 Å². The number of unbranched alkanes of at least 4 members (excludes halogenated alkanes) is 1. The number of nitrogens with zero attached hydrogens (tertiary/aromatic N) is 1. The number of carbonyl (C=O) groups is 2. The number of sulfonamides is 1. The summed E-state index contributed by atoms with van der Waals surface area (Å²) in [6.07, 6.45) is 2.69. The molecule has 0 radical (unpaired) electrons. The van der Waals surface area contributed by atoms with E-state index in [1.54, 1.807) is 42.5 Å². The predicted molar refractivity (Wildman–Crippen MR) is 120 cm³/mol. The van der Waals surface area contributed by atoms with Crippen LogP contribution in [0.2, 0.25) is 0 Å². The number of aliphatic hydroxyl groups excluding tert-OH is 1. The number of carbonyl (C=O) groups excluding carboxylic acids is 2. The van der Waals surface area contributed by atoms with Crippen molar-refractivity contribution in [3.63, 3.8) is 0 Å². The molecule has 1 atom stereocenters. The van der Waals surface area contributed by atoms with Gasteiger partial charge in [-0.25, -0.2) is 8.42 Å². The van der Waals surface area contributed by atoms with Gasteiger partial charge in [0.25, 0.3) is 5.91 Å². The molecule has 3 N–H and O–H groups in total. The minimum atomic E-state index is -3.62. The van der Waals surface area contributed by atoms with Crippen LogP contribution in [0.3, 0.4) is 0 Å². The molecule has 0 heterocycles. The third-order valence-electron chi connectivity index (χ3n) is 4.56. The first-order valence-corrected chi connectivity index (χ1v) is 12.0. The maximum absolute atomic E-state index is 13.5. The summed E-state index contributed by atoms with van der Waals surface area (Å²) in [5, 5.41) is 12.5. The Hall–Kier alpha value is -2.91. The first-order valence-electron chi connectivity index (χ1n) is 10.1. The zero-order valence-electron chi connectivity index (χ0n) is 17.7. The molecule has 9 heteroatoms. The second kappa shape index (κ2) is 11.5. The maximum atomic E-state index is 13.5. The van der Waals surface area contributed by atoms with Crippen molar-refractivity contribution in [2.75, 3.05) is 30.7 Å². The molecule has 2 aromatic rings. The first-order chi connectivity index (χ1) is 14.8. The van der Waals surface area contributed by atoms with Crippen molar-refractivity contribution in [1.82, 2.24) is 10.2 Å². The molecule has 1 unspecified atom stereocenters. The van der Waals surface area contributed by atoms with Crippen molar-refractivity contribution in [2.24, 2.45) is 0 Å². The van der Waals surface area contributed by atoms with Gasteiger partial charge < -0.3 is 15.3 Å². The average molecular weight is 448 g/mol. The summed E-state index contributed by atoms with van der Waals surface area (Å²) in [5.41, 5.74) is 0.784. The van der Waals surface area contributed by atoms with Crippen LogP contribution in [0.5, 0.6) is 0 Å². The predicted octanol–water partition coefficient (Wildman–Crippen LogP) is 2.15. The molecule has 0 aliphatic rings. The van der Waals surface area contributed by atoms with Crippen molar-refractivity contribution in [2.45, 2.75) is 25.8 Å². The lowest BCUT2D eigenvalue weighted by atomic mass is 10.0. The quantitative estimate of drug-likeness (QED) is 0.457. The zero-order valence-corrected chi connectivity index (χ0v) is 18.6. The molecule has 0 saturated carbocycles. The van der Waals surface area contributed by atoms with Gasteiger partial charge in [-0.15, -0.1) is 0 Å². The van der Waals surface area contributed by atoms with Crippen LogP contribution in [0.4, 0.5) is 5.69 Å². The van der Waals surface area contributed by atoms with Crippen molar-refractivity contribution in [1.29, 1.82) is 0 Å². The highest BCUT2D eigenvalue weighted by Crippen LogP contribution is 2.26. The summed E-state index contributed by atoms with van der Waals surface area (Å²) in [5.74, 6) is -0.935. The lowest BCUT2D eigenvalue weighted by molar-refractivity contribution is -0.126. The smallest absolute Gasteiger partial charge is 0.257 e. The largest absolute Gasteiger partial charge is 0.395 e. The van der Waals surface area contributed by atoms with E-state index in [1.165, 1.54) is 17.0 Å². The highest BCUT2D eigenvalue weighted by molar-refractivity contribution is 7.92. The molecule has 0 saturated heterocycles. The fourth-order valence-electron chi connectivity index (χ4n) is 3.16.